The molecule has 0 spiro atoms. The molecule has 2 aromatic rings. The van der Waals surface area contributed by atoms with E-state index in [1.807, 2.05) is 56.3 Å². The minimum absolute atomic E-state index is 0.0663. The van der Waals surface area contributed by atoms with Crippen LogP contribution in [0.4, 0.5) is 5.69 Å². The van der Waals surface area contributed by atoms with Crippen molar-refractivity contribution in [1.82, 2.24) is 0 Å². The van der Waals surface area contributed by atoms with Gasteiger partial charge in [-0.25, -0.2) is 0 Å². The molecular formula is C16H21NO2. The van der Waals surface area contributed by atoms with Gasteiger partial charge >= 0.3 is 0 Å². The van der Waals surface area contributed by atoms with E-state index in [0.717, 1.165) is 22.4 Å². The summed E-state index contributed by atoms with van der Waals surface area (Å²) in [5, 5.41) is 17.4. The number of hydrogen-bond donors (Lipinski definition) is 3. The maximum absolute atomic E-state index is 8.79. The number of aryl methyl sites for hydroxylation is 1. The van der Waals surface area contributed by atoms with Gasteiger partial charge in [-0.2, -0.15) is 0 Å². The molecule has 0 saturated carbocycles. The quantitative estimate of drug-likeness (QED) is 0.726. The van der Waals surface area contributed by atoms with E-state index in [1.165, 1.54) is 5.56 Å². The van der Waals surface area contributed by atoms with Crippen LogP contribution in [0.15, 0.2) is 42.5 Å². The highest BCUT2D eigenvalue weighted by Crippen LogP contribution is 2.14. The summed E-state index contributed by atoms with van der Waals surface area (Å²) in [5.74, 6) is 0. The fourth-order valence-corrected chi connectivity index (χ4v) is 1.69. The van der Waals surface area contributed by atoms with Gasteiger partial charge in [-0.15, -0.1) is 0 Å². The summed E-state index contributed by atoms with van der Waals surface area (Å²) in [6.45, 7) is 4.12. The topological polar surface area (TPSA) is 66.5 Å². The van der Waals surface area contributed by atoms with Crippen molar-refractivity contribution in [2.45, 2.75) is 27.1 Å². The van der Waals surface area contributed by atoms with Crippen molar-refractivity contribution in [1.29, 1.82) is 0 Å². The lowest BCUT2D eigenvalue weighted by molar-refractivity contribution is 0.281. The van der Waals surface area contributed by atoms with Crippen molar-refractivity contribution in [3.05, 3.63) is 64.7 Å². The minimum atomic E-state index is 0.0663. The molecule has 19 heavy (non-hydrogen) atoms. The van der Waals surface area contributed by atoms with Crippen molar-refractivity contribution in [3.63, 3.8) is 0 Å². The third kappa shape index (κ3) is 4.73. The van der Waals surface area contributed by atoms with Crippen molar-refractivity contribution in [2.24, 2.45) is 0 Å². The van der Waals surface area contributed by atoms with E-state index >= 15 is 0 Å². The van der Waals surface area contributed by atoms with Crippen LogP contribution in [-0.4, -0.2) is 10.2 Å². The Bertz CT molecular complexity index is 524. The van der Waals surface area contributed by atoms with E-state index < -0.39 is 0 Å². The summed E-state index contributed by atoms with van der Waals surface area (Å²) in [6, 6.07) is 13.4. The molecule has 2 aromatic carbocycles. The third-order valence-corrected chi connectivity index (χ3v) is 2.92. The van der Waals surface area contributed by atoms with Crippen LogP contribution in [0.25, 0.3) is 0 Å². The molecule has 3 heteroatoms. The normalized spacial score (nSPS) is 9.68. The average molecular weight is 259 g/mol. The summed E-state index contributed by atoms with van der Waals surface area (Å²) in [6.07, 6.45) is 0. The second-order valence-electron chi connectivity index (χ2n) is 4.44. The van der Waals surface area contributed by atoms with E-state index in [-0.39, 0.29) is 13.2 Å². The van der Waals surface area contributed by atoms with Gasteiger partial charge in [-0.05, 0) is 36.6 Å². The highest BCUT2D eigenvalue weighted by atomic mass is 16.3. The first-order valence-electron chi connectivity index (χ1n) is 6.19. The Morgan fingerprint density at radius 1 is 0.947 bits per heavy atom. The summed E-state index contributed by atoms with van der Waals surface area (Å²) in [5.41, 5.74) is 10.4. The number of nitrogens with two attached hydrogens (primary N) is 1. The number of anilines is 1. The molecule has 0 amide bonds. The molecule has 3 nitrogen and oxygen atoms in total. The first kappa shape index (κ1) is 15.2. The van der Waals surface area contributed by atoms with Crippen molar-refractivity contribution in [3.8, 4) is 0 Å². The molecule has 0 atom stereocenters. The van der Waals surface area contributed by atoms with Gasteiger partial charge in [0.05, 0.1) is 13.2 Å². The lowest BCUT2D eigenvalue weighted by Crippen LogP contribution is -1.94. The molecule has 0 aliphatic rings. The number of aliphatic hydroxyl groups is 2. The molecule has 0 unspecified atom stereocenters. The van der Waals surface area contributed by atoms with Gasteiger partial charge in [-0.3, -0.25) is 0 Å². The zero-order valence-corrected chi connectivity index (χ0v) is 11.4. The number of benzene rings is 2. The van der Waals surface area contributed by atoms with E-state index in [4.69, 9.17) is 15.9 Å². The monoisotopic (exact) mass is 259 g/mol. The second kappa shape index (κ2) is 7.56. The molecule has 0 saturated heterocycles. The maximum Gasteiger partial charge on any atom is 0.0685 e. The third-order valence-electron chi connectivity index (χ3n) is 2.92. The summed E-state index contributed by atoms with van der Waals surface area (Å²) >= 11 is 0. The highest BCUT2D eigenvalue weighted by Gasteiger charge is 1.97. The first-order chi connectivity index (χ1) is 9.08. The standard InChI is InChI=1S/C8H11NO.C8H10O/c1-6-7(5-10)3-2-4-8(6)9;1-7-3-2-4-8(5-7)6-9/h2-4,10H,5,9H2,1H3;2-5,9H,6H2,1H3. The molecule has 0 bridgehead atoms. The van der Waals surface area contributed by atoms with Gasteiger partial charge in [0, 0.05) is 5.69 Å². The van der Waals surface area contributed by atoms with Gasteiger partial charge in [0.15, 0.2) is 0 Å². The SMILES string of the molecule is Cc1c(N)cccc1CO.Cc1cccc(CO)c1. The lowest BCUT2D eigenvalue weighted by atomic mass is 10.1. The zero-order chi connectivity index (χ0) is 14.3. The zero-order valence-electron chi connectivity index (χ0n) is 11.4. The molecule has 4 N–H and O–H groups in total. The van der Waals surface area contributed by atoms with Crippen molar-refractivity contribution >= 4 is 5.69 Å². The van der Waals surface area contributed by atoms with Crippen LogP contribution in [-0.2, 0) is 13.2 Å². The van der Waals surface area contributed by atoms with E-state index in [0.29, 0.717) is 0 Å². The molecular weight excluding hydrogens is 238 g/mol. The number of aliphatic hydroxyl groups excluding tert-OH is 2. The number of hydrogen-bond acceptors (Lipinski definition) is 3. The Labute approximate surface area is 114 Å². The molecule has 0 aliphatic carbocycles. The average Bonchev–Trinajstić information content (AvgIpc) is 2.42. The van der Waals surface area contributed by atoms with Gasteiger partial charge in [0.1, 0.15) is 0 Å². The lowest BCUT2D eigenvalue weighted by Gasteiger charge is -2.03. The van der Waals surface area contributed by atoms with Gasteiger partial charge < -0.3 is 15.9 Å². The molecule has 0 aliphatic heterocycles. The van der Waals surface area contributed by atoms with E-state index in [9.17, 15) is 0 Å². The van der Waals surface area contributed by atoms with Crippen molar-refractivity contribution in [2.75, 3.05) is 5.73 Å². The number of nitrogen functional groups attached to an aromatic ring is 1. The molecule has 2 rings (SSSR count). The predicted molar refractivity (Wildman–Crippen MR) is 78.6 cm³/mol. The predicted octanol–water partition coefficient (Wildman–Crippen LogP) is 2.56. The molecule has 0 radical (unpaired) electrons. The maximum atomic E-state index is 8.79. The van der Waals surface area contributed by atoms with Gasteiger partial charge in [0.25, 0.3) is 0 Å². The minimum Gasteiger partial charge on any atom is -0.399 e. The Kier molecular flexibility index (Phi) is 6.06. The fourth-order valence-electron chi connectivity index (χ4n) is 1.69. The van der Waals surface area contributed by atoms with Crippen LogP contribution >= 0.6 is 0 Å². The summed E-state index contributed by atoms with van der Waals surface area (Å²) < 4.78 is 0. The van der Waals surface area contributed by atoms with Crippen LogP contribution in [0.2, 0.25) is 0 Å². The molecule has 102 valence electrons. The molecule has 0 aromatic heterocycles. The van der Waals surface area contributed by atoms with Crippen LogP contribution in [0, 0.1) is 13.8 Å². The molecule has 0 fully saturated rings. The largest absolute Gasteiger partial charge is 0.399 e. The van der Waals surface area contributed by atoms with Crippen LogP contribution < -0.4 is 5.73 Å². The number of rotatable bonds is 2. The van der Waals surface area contributed by atoms with Crippen LogP contribution in [0.1, 0.15) is 22.3 Å². The van der Waals surface area contributed by atoms with Gasteiger partial charge in [0.2, 0.25) is 0 Å². The highest BCUT2D eigenvalue weighted by molar-refractivity contribution is 5.49. The van der Waals surface area contributed by atoms with Crippen LogP contribution in [0.5, 0.6) is 0 Å². The van der Waals surface area contributed by atoms with E-state index in [1.54, 1.807) is 0 Å². The first-order valence-corrected chi connectivity index (χ1v) is 6.19. The fraction of sp³-hybridized carbons (Fsp3) is 0.250. The van der Waals surface area contributed by atoms with E-state index in [2.05, 4.69) is 0 Å². The molecule has 0 heterocycles. The Balaban J connectivity index is 0.000000191. The van der Waals surface area contributed by atoms with Crippen molar-refractivity contribution < 1.29 is 10.2 Å². The summed E-state index contributed by atoms with van der Waals surface area (Å²) in [7, 11) is 0. The summed E-state index contributed by atoms with van der Waals surface area (Å²) in [4.78, 5) is 0. The smallest absolute Gasteiger partial charge is 0.0685 e. The van der Waals surface area contributed by atoms with Crippen LogP contribution in [0.3, 0.4) is 0 Å². The Morgan fingerprint density at radius 2 is 1.63 bits per heavy atom. The Morgan fingerprint density at radius 3 is 2.11 bits per heavy atom. The van der Waals surface area contributed by atoms with Gasteiger partial charge in [-0.1, -0.05) is 42.0 Å². The Hall–Kier alpha value is -1.84. The second-order valence-corrected chi connectivity index (χ2v) is 4.44.